The normalized spacial score (nSPS) is 11.1. The van der Waals surface area contributed by atoms with Gasteiger partial charge >= 0.3 is 0 Å². The fourth-order valence-electron chi connectivity index (χ4n) is 2.83. The van der Waals surface area contributed by atoms with Gasteiger partial charge in [0.25, 0.3) is 5.91 Å². The van der Waals surface area contributed by atoms with Crippen molar-refractivity contribution in [1.29, 1.82) is 0 Å². The van der Waals surface area contributed by atoms with E-state index >= 15 is 0 Å². The summed E-state index contributed by atoms with van der Waals surface area (Å²) in [6.45, 7) is 3.08. The zero-order valence-corrected chi connectivity index (χ0v) is 16.8. The smallest absolute Gasteiger partial charge is 0.253 e. The van der Waals surface area contributed by atoms with Crippen molar-refractivity contribution in [2.75, 3.05) is 14.1 Å². The molecule has 0 saturated carbocycles. The van der Waals surface area contributed by atoms with Crippen LogP contribution in [0.3, 0.4) is 0 Å². The molecule has 1 aromatic heterocycles. The van der Waals surface area contributed by atoms with Crippen LogP contribution in [0, 0.1) is 0 Å². The number of aromatic nitrogens is 2. The van der Waals surface area contributed by atoms with Crippen LogP contribution in [0.2, 0.25) is 5.02 Å². The fourth-order valence-corrected chi connectivity index (χ4v) is 3.98. The first-order valence-corrected chi connectivity index (χ1v) is 9.95. The third-order valence-electron chi connectivity index (χ3n) is 4.07. The van der Waals surface area contributed by atoms with Gasteiger partial charge in [-0.3, -0.25) is 4.79 Å². The lowest BCUT2D eigenvalue weighted by molar-refractivity contribution is 0.0827. The highest BCUT2D eigenvalue weighted by Crippen LogP contribution is 2.29. The van der Waals surface area contributed by atoms with Gasteiger partial charge in [0.2, 0.25) is 0 Å². The summed E-state index contributed by atoms with van der Waals surface area (Å²) < 4.78 is 2.24. The van der Waals surface area contributed by atoms with Crippen LogP contribution in [-0.4, -0.2) is 34.5 Å². The second kappa shape index (κ2) is 8.14. The topological polar surface area (TPSA) is 38.1 Å². The van der Waals surface area contributed by atoms with E-state index < -0.39 is 0 Å². The van der Waals surface area contributed by atoms with E-state index in [2.05, 4.69) is 11.5 Å². The van der Waals surface area contributed by atoms with Crippen molar-refractivity contribution in [3.05, 3.63) is 58.6 Å². The van der Waals surface area contributed by atoms with Crippen molar-refractivity contribution in [3.63, 3.8) is 0 Å². The molecule has 3 aromatic rings. The average Bonchev–Trinajstić information content (AvgIpc) is 2.96. The maximum atomic E-state index is 12.1. The molecule has 0 spiro atoms. The molecule has 0 radical (unpaired) electrons. The minimum absolute atomic E-state index is 0.0183. The molecule has 0 unspecified atom stereocenters. The van der Waals surface area contributed by atoms with E-state index in [1.54, 1.807) is 30.8 Å². The Balaban J connectivity index is 1.84. The number of benzene rings is 2. The van der Waals surface area contributed by atoms with E-state index in [1.807, 2.05) is 42.5 Å². The third-order valence-corrected chi connectivity index (χ3v) is 5.35. The van der Waals surface area contributed by atoms with Gasteiger partial charge in [0, 0.05) is 37.0 Å². The number of halogens is 1. The summed E-state index contributed by atoms with van der Waals surface area (Å²) in [6.07, 6.45) is 1.04. The third kappa shape index (κ3) is 4.05. The first-order chi connectivity index (χ1) is 12.5. The lowest BCUT2D eigenvalue weighted by atomic mass is 10.1. The van der Waals surface area contributed by atoms with Crippen LogP contribution in [0.15, 0.2) is 47.6 Å². The molecule has 2 aromatic carbocycles. The van der Waals surface area contributed by atoms with Gasteiger partial charge in [0.15, 0.2) is 5.16 Å². The first kappa shape index (κ1) is 18.8. The molecule has 0 aliphatic carbocycles. The summed E-state index contributed by atoms with van der Waals surface area (Å²) in [4.78, 5) is 18.5. The minimum Gasteiger partial charge on any atom is -0.345 e. The maximum absolute atomic E-state index is 12.1. The van der Waals surface area contributed by atoms with Gasteiger partial charge in [-0.05, 0) is 42.3 Å². The molecular weight excluding hydrogens is 366 g/mol. The number of carbonyl (C=O) groups excluding carboxylic acids is 1. The Morgan fingerprint density at radius 3 is 2.77 bits per heavy atom. The summed E-state index contributed by atoms with van der Waals surface area (Å²) in [5.74, 6) is 0.777. The lowest BCUT2D eigenvalue weighted by Gasteiger charge is -2.11. The highest BCUT2D eigenvalue weighted by atomic mass is 35.5. The van der Waals surface area contributed by atoms with E-state index in [4.69, 9.17) is 16.6 Å². The van der Waals surface area contributed by atoms with Crippen molar-refractivity contribution >= 4 is 40.3 Å². The number of imidazole rings is 1. The highest BCUT2D eigenvalue weighted by molar-refractivity contribution is 7.98. The van der Waals surface area contributed by atoms with Crippen molar-refractivity contribution in [2.45, 2.75) is 30.8 Å². The molecule has 136 valence electrons. The Hall–Kier alpha value is -1.98. The van der Waals surface area contributed by atoms with Crippen LogP contribution >= 0.6 is 23.4 Å². The molecule has 0 bridgehead atoms. The van der Waals surface area contributed by atoms with E-state index in [9.17, 15) is 4.79 Å². The number of aryl methyl sites for hydroxylation is 1. The zero-order valence-electron chi connectivity index (χ0n) is 15.2. The maximum Gasteiger partial charge on any atom is 0.253 e. The molecule has 3 rings (SSSR count). The van der Waals surface area contributed by atoms with E-state index in [0.717, 1.165) is 40.5 Å². The van der Waals surface area contributed by atoms with Gasteiger partial charge in [-0.25, -0.2) is 4.98 Å². The largest absolute Gasteiger partial charge is 0.345 e. The number of hydrogen-bond acceptors (Lipinski definition) is 3. The van der Waals surface area contributed by atoms with Crippen LogP contribution in [0.1, 0.15) is 29.3 Å². The number of thioether (sulfide) groups is 1. The molecule has 6 heteroatoms. The zero-order chi connectivity index (χ0) is 18.7. The Morgan fingerprint density at radius 2 is 2.04 bits per heavy atom. The summed E-state index contributed by atoms with van der Waals surface area (Å²) in [6, 6.07) is 13.6. The second-order valence-corrected chi connectivity index (χ2v) is 7.75. The van der Waals surface area contributed by atoms with Crippen molar-refractivity contribution in [2.24, 2.45) is 0 Å². The predicted octanol–water partition coefficient (Wildman–Crippen LogP) is 5.09. The number of amides is 1. The quantitative estimate of drug-likeness (QED) is 0.552. The Labute approximate surface area is 163 Å². The summed E-state index contributed by atoms with van der Waals surface area (Å²) >= 11 is 7.80. The fraction of sp³-hybridized carbons (Fsp3) is 0.300. The molecule has 0 fully saturated rings. The minimum atomic E-state index is 0.0183. The van der Waals surface area contributed by atoms with Gasteiger partial charge in [-0.15, -0.1) is 0 Å². The van der Waals surface area contributed by atoms with Gasteiger partial charge in [-0.2, -0.15) is 0 Å². The second-order valence-electron chi connectivity index (χ2n) is 6.37. The van der Waals surface area contributed by atoms with E-state index in [-0.39, 0.29) is 5.91 Å². The van der Waals surface area contributed by atoms with Crippen LogP contribution in [0.5, 0.6) is 0 Å². The summed E-state index contributed by atoms with van der Waals surface area (Å²) in [5.41, 5.74) is 3.85. The molecular formula is C20H22ClN3OS. The molecule has 0 atom stereocenters. The van der Waals surface area contributed by atoms with Crippen LogP contribution in [-0.2, 0) is 12.3 Å². The molecule has 1 heterocycles. The molecule has 4 nitrogen and oxygen atoms in total. The average molecular weight is 388 g/mol. The van der Waals surface area contributed by atoms with E-state index in [1.165, 1.54) is 0 Å². The molecule has 0 N–H and O–H groups in total. The summed E-state index contributed by atoms with van der Waals surface area (Å²) in [7, 11) is 3.53. The monoisotopic (exact) mass is 387 g/mol. The number of carbonyl (C=O) groups is 1. The highest BCUT2D eigenvalue weighted by Gasteiger charge is 2.13. The van der Waals surface area contributed by atoms with Gasteiger partial charge < -0.3 is 9.47 Å². The molecule has 1 amide bonds. The Kier molecular flexibility index (Phi) is 5.89. The molecule has 0 aliphatic rings. The SMILES string of the molecule is CCCn1c(SCc2cccc(C(=O)N(C)C)c2)nc2cc(Cl)ccc21. The van der Waals surface area contributed by atoms with Crippen molar-refractivity contribution in [1.82, 2.24) is 14.5 Å². The summed E-state index contributed by atoms with van der Waals surface area (Å²) in [5, 5.41) is 1.68. The number of hydrogen-bond donors (Lipinski definition) is 0. The Bertz CT molecular complexity index is 936. The van der Waals surface area contributed by atoms with Gasteiger partial charge in [0.1, 0.15) is 0 Å². The van der Waals surface area contributed by atoms with E-state index in [0.29, 0.717) is 10.6 Å². The van der Waals surface area contributed by atoms with Gasteiger partial charge in [0.05, 0.1) is 11.0 Å². The molecule has 26 heavy (non-hydrogen) atoms. The van der Waals surface area contributed by atoms with Crippen molar-refractivity contribution < 1.29 is 4.79 Å². The Morgan fingerprint density at radius 1 is 1.23 bits per heavy atom. The predicted molar refractivity (Wildman–Crippen MR) is 109 cm³/mol. The van der Waals surface area contributed by atoms with Crippen LogP contribution < -0.4 is 0 Å². The molecule has 0 aliphatic heterocycles. The standard InChI is InChI=1S/C20H22ClN3OS/c1-4-10-24-18-9-8-16(21)12-17(18)22-20(24)26-13-14-6-5-7-15(11-14)19(25)23(2)3/h5-9,11-12H,4,10,13H2,1-3H3. The molecule has 0 saturated heterocycles. The van der Waals surface area contributed by atoms with Crippen molar-refractivity contribution in [3.8, 4) is 0 Å². The number of fused-ring (bicyclic) bond motifs is 1. The number of rotatable bonds is 6. The van der Waals surface area contributed by atoms with Gasteiger partial charge in [-0.1, -0.05) is 42.4 Å². The first-order valence-electron chi connectivity index (χ1n) is 8.58. The lowest BCUT2D eigenvalue weighted by Crippen LogP contribution is -2.21. The van der Waals surface area contributed by atoms with Crippen LogP contribution in [0.4, 0.5) is 0 Å². The number of nitrogens with zero attached hydrogens (tertiary/aromatic N) is 3. The van der Waals surface area contributed by atoms with Crippen LogP contribution in [0.25, 0.3) is 11.0 Å².